The van der Waals surface area contributed by atoms with Gasteiger partial charge in [-0.1, -0.05) is 23.5 Å². The molecule has 0 bridgehead atoms. The van der Waals surface area contributed by atoms with Crippen LogP contribution in [0.1, 0.15) is 30.3 Å². The maximum Gasteiger partial charge on any atom is 0.289 e. The first kappa shape index (κ1) is 20.6. The van der Waals surface area contributed by atoms with Crippen molar-refractivity contribution in [3.05, 3.63) is 48.2 Å². The maximum atomic E-state index is 13.0. The lowest BCUT2D eigenvalue weighted by Crippen LogP contribution is -2.41. The third kappa shape index (κ3) is 3.98. The van der Waals surface area contributed by atoms with Crippen molar-refractivity contribution < 1.29 is 23.4 Å². The lowest BCUT2D eigenvalue weighted by atomic mass is 10.1. The number of carbonyl (C=O) groups is 1. The van der Waals surface area contributed by atoms with E-state index in [1.807, 2.05) is 48.2 Å². The number of benzene rings is 2. The molecule has 2 aromatic carbocycles. The van der Waals surface area contributed by atoms with Gasteiger partial charge in [0, 0.05) is 37.4 Å². The number of ether oxygens (including phenoxy) is 3. The van der Waals surface area contributed by atoms with Gasteiger partial charge in [0.25, 0.3) is 11.1 Å². The summed E-state index contributed by atoms with van der Waals surface area (Å²) in [4.78, 5) is 19.4. The highest BCUT2D eigenvalue weighted by atomic mass is 32.1. The van der Waals surface area contributed by atoms with Crippen molar-refractivity contribution in [2.45, 2.75) is 25.9 Å². The third-order valence-electron chi connectivity index (χ3n) is 5.59. The van der Waals surface area contributed by atoms with E-state index in [0.29, 0.717) is 42.0 Å². The molecule has 1 aliphatic rings. The average Bonchev–Trinajstić information content (AvgIpc) is 3.43. The Morgan fingerprint density at radius 2 is 2.06 bits per heavy atom. The molecule has 2 aromatic heterocycles. The van der Waals surface area contributed by atoms with Crippen LogP contribution in [0.4, 0.5) is 0 Å². The van der Waals surface area contributed by atoms with E-state index < -0.39 is 0 Å². The number of nitrogens with zero attached hydrogens (tertiary/aromatic N) is 2. The Bertz CT molecular complexity index is 1260. The summed E-state index contributed by atoms with van der Waals surface area (Å²) in [7, 11) is 1.64. The highest BCUT2D eigenvalue weighted by Gasteiger charge is 2.27. The standard InChI is InChI=1S/C24H24N2O5S/c1-3-29-19-6-4-5-15-13-20(31-22(15)19)23(27)26-11-9-16(10-12-26)30-24-25-18-14-17(28-2)7-8-21(18)32-24/h4-8,13-14,16H,3,9-12H2,1-2H3. The fourth-order valence-electron chi connectivity index (χ4n) is 3.95. The molecule has 1 fully saturated rings. The summed E-state index contributed by atoms with van der Waals surface area (Å²) in [6, 6.07) is 13.3. The van der Waals surface area contributed by atoms with Crippen molar-refractivity contribution in [2.24, 2.45) is 0 Å². The van der Waals surface area contributed by atoms with E-state index >= 15 is 0 Å². The topological polar surface area (TPSA) is 74.0 Å². The number of methoxy groups -OCH3 is 1. The van der Waals surface area contributed by atoms with Gasteiger partial charge in [-0.2, -0.15) is 0 Å². The first-order valence-electron chi connectivity index (χ1n) is 10.7. The van der Waals surface area contributed by atoms with Crippen LogP contribution in [0.3, 0.4) is 0 Å². The van der Waals surface area contributed by atoms with E-state index in [-0.39, 0.29) is 12.0 Å². The minimum atomic E-state index is -0.103. The van der Waals surface area contributed by atoms with Crippen LogP contribution in [0, 0.1) is 0 Å². The Kier molecular flexibility index (Phi) is 5.61. The molecule has 0 N–H and O–H groups in total. The molecule has 3 heterocycles. The van der Waals surface area contributed by atoms with E-state index in [2.05, 4.69) is 4.98 Å². The summed E-state index contributed by atoms with van der Waals surface area (Å²) in [5, 5.41) is 1.52. The molecule has 0 radical (unpaired) electrons. The number of fused-ring (bicyclic) bond motifs is 2. The van der Waals surface area contributed by atoms with Crippen LogP contribution in [-0.4, -0.2) is 48.7 Å². The number of hydrogen-bond donors (Lipinski definition) is 0. The summed E-state index contributed by atoms with van der Waals surface area (Å²) in [6.07, 6.45) is 1.52. The molecule has 1 aliphatic heterocycles. The molecule has 0 unspecified atom stereocenters. The molecule has 5 rings (SSSR count). The molecule has 4 aromatic rings. The van der Waals surface area contributed by atoms with Crippen molar-refractivity contribution in [3.63, 3.8) is 0 Å². The van der Waals surface area contributed by atoms with Crippen LogP contribution in [0.25, 0.3) is 21.2 Å². The number of para-hydroxylation sites is 1. The predicted octanol–water partition coefficient (Wildman–Crippen LogP) is 5.13. The Labute approximate surface area is 189 Å². The molecule has 8 heteroatoms. The Hall–Kier alpha value is -3.26. The molecule has 0 aliphatic carbocycles. The van der Waals surface area contributed by atoms with E-state index in [0.717, 1.165) is 34.2 Å². The number of thiazole rings is 1. The molecule has 0 atom stereocenters. The van der Waals surface area contributed by atoms with Gasteiger partial charge in [-0.25, -0.2) is 4.98 Å². The number of hydrogen-bond acceptors (Lipinski definition) is 7. The van der Waals surface area contributed by atoms with Gasteiger partial charge in [0.15, 0.2) is 17.1 Å². The normalized spacial score (nSPS) is 14.8. The summed E-state index contributed by atoms with van der Waals surface area (Å²) in [5.41, 5.74) is 1.48. The van der Waals surface area contributed by atoms with Gasteiger partial charge >= 0.3 is 0 Å². The predicted molar refractivity (Wildman–Crippen MR) is 123 cm³/mol. The zero-order valence-electron chi connectivity index (χ0n) is 18.0. The zero-order valence-corrected chi connectivity index (χ0v) is 18.8. The second-order valence-corrected chi connectivity index (χ2v) is 8.63. The number of furan rings is 1. The second kappa shape index (κ2) is 8.70. The Balaban J connectivity index is 1.23. The van der Waals surface area contributed by atoms with Crippen LogP contribution in [0.2, 0.25) is 0 Å². The fourth-order valence-corrected chi connectivity index (χ4v) is 4.81. The van der Waals surface area contributed by atoms with Gasteiger partial charge in [0.05, 0.1) is 23.9 Å². The van der Waals surface area contributed by atoms with Gasteiger partial charge < -0.3 is 23.5 Å². The summed E-state index contributed by atoms with van der Waals surface area (Å²) < 4.78 is 23.9. The largest absolute Gasteiger partial charge is 0.497 e. The first-order chi connectivity index (χ1) is 15.6. The molecule has 0 saturated carbocycles. The van der Waals surface area contributed by atoms with E-state index in [4.69, 9.17) is 18.6 Å². The summed E-state index contributed by atoms with van der Waals surface area (Å²) in [6.45, 7) is 3.68. The average molecular weight is 453 g/mol. The van der Waals surface area contributed by atoms with Gasteiger partial charge in [0.1, 0.15) is 11.9 Å². The second-order valence-electron chi connectivity index (χ2n) is 7.64. The molecule has 166 valence electrons. The lowest BCUT2D eigenvalue weighted by molar-refractivity contribution is 0.0568. The van der Waals surface area contributed by atoms with Crippen LogP contribution in [0.15, 0.2) is 46.9 Å². The van der Waals surface area contributed by atoms with Crippen molar-refractivity contribution in [1.82, 2.24) is 9.88 Å². The number of amides is 1. The van der Waals surface area contributed by atoms with Crippen LogP contribution in [-0.2, 0) is 0 Å². The van der Waals surface area contributed by atoms with E-state index in [1.54, 1.807) is 13.2 Å². The molecule has 0 spiro atoms. The number of rotatable bonds is 6. The number of likely N-dealkylation sites (tertiary alicyclic amines) is 1. The Morgan fingerprint density at radius 1 is 1.22 bits per heavy atom. The number of aromatic nitrogens is 1. The SMILES string of the molecule is CCOc1cccc2cc(C(=O)N3CCC(Oc4nc5cc(OC)ccc5s4)CC3)oc12. The minimum absolute atomic E-state index is 0.0294. The van der Waals surface area contributed by atoms with Crippen molar-refractivity contribution in [3.8, 4) is 16.7 Å². The fraction of sp³-hybridized carbons (Fsp3) is 0.333. The Morgan fingerprint density at radius 3 is 2.84 bits per heavy atom. The molecular weight excluding hydrogens is 428 g/mol. The highest BCUT2D eigenvalue weighted by molar-refractivity contribution is 7.20. The van der Waals surface area contributed by atoms with Crippen LogP contribution >= 0.6 is 11.3 Å². The highest BCUT2D eigenvalue weighted by Crippen LogP contribution is 2.33. The first-order valence-corrected chi connectivity index (χ1v) is 11.5. The summed E-state index contributed by atoms with van der Waals surface area (Å²) in [5.74, 6) is 1.67. The van der Waals surface area contributed by atoms with Crippen molar-refractivity contribution in [1.29, 1.82) is 0 Å². The maximum absolute atomic E-state index is 13.0. The van der Waals surface area contributed by atoms with Crippen LogP contribution < -0.4 is 14.2 Å². The molecule has 7 nitrogen and oxygen atoms in total. The molecule has 1 amide bonds. The number of piperidine rings is 1. The van der Waals surface area contributed by atoms with Crippen LogP contribution in [0.5, 0.6) is 16.7 Å². The minimum Gasteiger partial charge on any atom is -0.497 e. The third-order valence-corrected chi connectivity index (χ3v) is 6.52. The van der Waals surface area contributed by atoms with Gasteiger partial charge in [-0.05, 0) is 31.2 Å². The zero-order chi connectivity index (χ0) is 22.1. The van der Waals surface area contributed by atoms with Crippen molar-refractivity contribution >= 4 is 38.4 Å². The molecular formula is C24H24N2O5S. The van der Waals surface area contributed by atoms with E-state index in [1.165, 1.54) is 11.3 Å². The quantitative estimate of drug-likeness (QED) is 0.404. The van der Waals surface area contributed by atoms with Gasteiger partial charge in [-0.3, -0.25) is 4.79 Å². The molecule has 1 saturated heterocycles. The molecule has 32 heavy (non-hydrogen) atoms. The smallest absolute Gasteiger partial charge is 0.289 e. The lowest BCUT2D eigenvalue weighted by Gasteiger charge is -2.31. The van der Waals surface area contributed by atoms with E-state index in [9.17, 15) is 4.79 Å². The van der Waals surface area contributed by atoms with Crippen molar-refractivity contribution in [2.75, 3.05) is 26.8 Å². The monoisotopic (exact) mass is 452 g/mol. The number of carbonyl (C=O) groups excluding carboxylic acids is 1. The van der Waals surface area contributed by atoms with Gasteiger partial charge in [-0.15, -0.1) is 0 Å². The van der Waals surface area contributed by atoms with Gasteiger partial charge in [0.2, 0.25) is 0 Å². The summed E-state index contributed by atoms with van der Waals surface area (Å²) >= 11 is 1.53.